The van der Waals surface area contributed by atoms with Crippen molar-refractivity contribution in [2.45, 2.75) is 6.42 Å². The predicted octanol–water partition coefficient (Wildman–Crippen LogP) is 3.13. The Labute approximate surface area is 119 Å². The Morgan fingerprint density at radius 2 is 1.75 bits per heavy atom. The van der Waals surface area contributed by atoms with Crippen molar-refractivity contribution in [3.05, 3.63) is 65.7 Å². The number of carbonyl (C=O) groups excluding carboxylic acids is 1. The van der Waals surface area contributed by atoms with Gasteiger partial charge in [-0.25, -0.2) is 0 Å². The molecule has 0 bridgehead atoms. The lowest BCUT2D eigenvalue weighted by atomic mass is 10.0. The van der Waals surface area contributed by atoms with E-state index in [1.807, 2.05) is 54.6 Å². The maximum absolute atomic E-state index is 11.9. The highest BCUT2D eigenvalue weighted by Gasteiger charge is 2.21. The van der Waals surface area contributed by atoms with Crippen LogP contribution in [0.2, 0.25) is 0 Å². The third-order valence-corrected chi connectivity index (χ3v) is 3.43. The monoisotopic (exact) mass is 261 g/mol. The van der Waals surface area contributed by atoms with E-state index in [4.69, 9.17) is 0 Å². The zero-order valence-electron chi connectivity index (χ0n) is 11.2. The second-order valence-corrected chi connectivity index (χ2v) is 4.78. The number of anilines is 1. The number of nitrogens with zero attached hydrogens (tertiary/aromatic N) is 1. The van der Waals surface area contributed by atoms with Crippen LogP contribution in [0.15, 0.2) is 54.6 Å². The van der Waals surface area contributed by atoms with Crippen molar-refractivity contribution in [1.82, 2.24) is 0 Å². The molecule has 3 rings (SSSR count). The maximum Gasteiger partial charge on any atom is 0.166 e. The van der Waals surface area contributed by atoms with Gasteiger partial charge in [0, 0.05) is 29.8 Å². The fourth-order valence-corrected chi connectivity index (χ4v) is 2.40. The first kappa shape index (κ1) is 12.5. The molecule has 1 aliphatic rings. The highest BCUT2D eigenvalue weighted by molar-refractivity contribution is 6.03. The minimum Gasteiger partial charge on any atom is -0.359 e. The SMILES string of the molecule is O=C1CCN(CC#Cc2ccccc2)c2ccccc21. The van der Waals surface area contributed by atoms with E-state index in [9.17, 15) is 4.79 Å². The Morgan fingerprint density at radius 3 is 2.60 bits per heavy atom. The first-order valence-electron chi connectivity index (χ1n) is 6.76. The summed E-state index contributed by atoms with van der Waals surface area (Å²) >= 11 is 0. The average Bonchev–Trinajstić information content (AvgIpc) is 2.51. The summed E-state index contributed by atoms with van der Waals surface area (Å²) in [4.78, 5) is 14.0. The van der Waals surface area contributed by atoms with Gasteiger partial charge in [-0.2, -0.15) is 0 Å². The van der Waals surface area contributed by atoms with E-state index < -0.39 is 0 Å². The van der Waals surface area contributed by atoms with Crippen LogP contribution in [0, 0.1) is 11.8 Å². The van der Waals surface area contributed by atoms with Crippen molar-refractivity contribution in [2.75, 3.05) is 18.0 Å². The molecule has 1 heterocycles. The highest BCUT2D eigenvalue weighted by atomic mass is 16.1. The molecule has 0 N–H and O–H groups in total. The van der Waals surface area contributed by atoms with Crippen LogP contribution < -0.4 is 4.90 Å². The average molecular weight is 261 g/mol. The Bertz CT molecular complexity index is 679. The predicted molar refractivity (Wildman–Crippen MR) is 80.9 cm³/mol. The highest BCUT2D eigenvalue weighted by Crippen LogP contribution is 2.26. The van der Waals surface area contributed by atoms with Crippen molar-refractivity contribution >= 4 is 11.5 Å². The Balaban J connectivity index is 1.78. The topological polar surface area (TPSA) is 20.3 Å². The van der Waals surface area contributed by atoms with Crippen LogP contribution in [0.25, 0.3) is 0 Å². The van der Waals surface area contributed by atoms with E-state index in [-0.39, 0.29) is 5.78 Å². The lowest BCUT2D eigenvalue weighted by Crippen LogP contribution is -2.32. The van der Waals surface area contributed by atoms with Crippen LogP contribution in [-0.2, 0) is 0 Å². The number of fused-ring (bicyclic) bond motifs is 1. The van der Waals surface area contributed by atoms with E-state index in [1.54, 1.807) is 0 Å². The van der Waals surface area contributed by atoms with E-state index in [1.165, 1.54) is 0 Å². The molecule has 20 heavy (non-hydrogen) atoms. The molecule has 98 valence electrons. The van der Waals surface area contributed by atoms with E-state index >= 15 is 0 Å². The number of hydrogen-bond acceptors (Lipinski definition) is 2. The molecular formula is C18H15NO. The van der Waals surface area contributed by atoms with Crippen molar-refractivity contribution in [3.63, 3.8) is 0 Å². The molecule has 0 spiro atoms. The van der Waals surface area contributed by atoms with Gasteiger partial charge in [0.05, 0.1) is 6.54 Å². The molecule has 0 aromatic heterocycles. The molecule has 1 aliphatic heterocycles. The smallest absolute Gasteiger partial charge is 0.166 e. The molecule has 0 atom stereocenters. The van der Waals surface area contributed by atoms with Crippen molar-refractivity contribution in [2.24, 2.45) is 0 Å². The molecular weight excluding hydrogens is 246 g/mol. The molecule has 0 unspecified atom stereocenters. The van der Waals surface area contributed by atoms with Crippen LogP contribution >= 0.6 is 0 Å². The molecule has 0 saturated carbocycles. The lowest BCUT2D eigenvalue weighted by molar-refractivity contribution is 0.0980. The second kappa shape index (κ2) is 5.63. The number of benzene rings is 2. The molecule has 2 aromatic carbocycles. The lowest BCUT2D eigenvalue weighted by Gasteiger charge is -2.28. The Kier molecular flexibility index (Phi) is 3.52. The number of rotatable bonds is 1. The first-order chi connectivity index (χ1) is 9.84. The van der Waals surface area contributed by atoms with Crippen LogP contribution in [0.5, 0.6) is 0 Å². The van der Waals surface area contributed by atoms with Crippen LogP contribution in [0.1, 0.15) is 22.3 Å². The minimum absolute atomic E-state index is 0.230. The summed E-state index contributed by atoms with van der Waals surface area (Å²) in [6.07, 6.45) is 0.573. The van der Waals surface area contributed by atoms with Gasteiger partial charge in [-0.05, 0) is 24.3 Å². The summed E-state index contributed by atoms with van der Waals surface area (Å²) in [5, 5.41) is 0. The number of Topliss-reactive ketones (excluding diaryl/α,β-unsaturated/α-hetero) is 1. The molecule has 0 fully saturated rings. The third kappa shape index (κ3) is 2.57. The molecule has 0 saturated heterocycles. The van der Waals surface area contributed by atoms with E-state index in [0.29, 0.717) is 13.0 Å². The van der Waals surface area contributed by atoms with E-state index in [0.717, 1.165) is 23.4 Å². The van der Waals surface area contributed by atoms with Gasteiger partial charge in [0.2, 0.25) is 0 Å². The van der Waals surface area contributed by atoms with E-state index in [2.05, 4.69) is 16.7 Å². The van der Waals surface area contributed by atoms with Gasteiger partial charge in [-0.1, -0.05) is 42.2 Å². The summed E-state index contributed by atoms with van der Waals surface area (Å²) in [5.41, 5.74) is 2.85. The molecule has 2 aromatic rings. The van der Waals surface area contributed by atoms with Crippen molar-refractivity contribution in [3.8, 4) is 11.8 Å². The normalized spacial score (nSPS) is 13.4. The van der Waals surface area contributed by atoms with Gasteiger partial charge >= 0.3 is 0 Å². The molecule has 2 nitrogen and oxygen atoms in total. The number of carbonyl (C=O) groups is 1. The molecule has 0 radical (unpaired) electrons. The Morgan fingerprint density at radius 1 is 1.00 bits per heavy atom. The van der Waals surface area contributed by atoms with Gasteiger partial charge in [0.1, 0.15) is 0 Å². The molecule has 0 amide bonds. The van der Waals surface area contributed by atoms with Gasteiger partial charge in [-0.15, -0.1) is 0 Å². The summed E-state index contributed by atoms with van der Waals surface area (Å²) < 4.78 is 0. The zero-order valence-corrected chi connectivity index (χ0v) is 11.2. The third-order valence-electron chi connectivity index (χ3n) is 3.43. The van der Waals surface area contributed by atoms with Crippen LogP contribution in [-0.4, -0.2) is 18.9 Å². The summed E-state index contributed by atoms with van der Waals surface area (Å²) in [7, 11) is 0. The van der Waals surface area contributed by atoms with Crippen LogP contribution in [0.4, 0.5) is 5.69 Å². The fourth-order valence-electron chi connectivity index (χ4n) is 2.40. The summed E-state index contributed by atoms with van der Waals surface area (Å²) in [5.74, 6) is 6.58. The second-order valence-electron chi connectivity index (χ2n) is 4.78. The summed E-state index contributed by atoms with van der Waals surface area (Å²) in [6.45, 7) is 1.40. The van der Waals surface area contributed by atoms with Crippen LogP contribution in [0.3, 0.4) is 0 Å². The quantitative estimate of drug-likeness (QED) is 0.735. The van der Waals surface area contributed by atoms with Crippen molar-refractivity contribution < 1.29 is 4.79 Å². The maximum atomic E-state index is 11.9. The number of ketones is 1. The molecule has 0 aliphatic carbocycles. The zero-order chi connectivity index (χ0) is 13.8. The van der Waals surface area contributed by atoms with Gasteiger partial charge in [0.25, 0.3) is 0 Å². The summed E-state index contributed by atoms with van der Waals surface area (Å²) in [6, 6.07) is 17.7. The number of hydrogen-bond donors (Lipinski definition) is 0. The first-order valence-corrected chi connectivity index (χ1v) is 6.76. The van der Waals surface area contributed by atoms with Gasteiger partial charge in [-0.3, -0.25) is 4.79 Å². The van der Waals surface area contributed by atoms with Gasteiger partial charge in [0.15, 0.2) is 5.78 Å². The minimum atomic E-state index is 0.230. The number of para-hydroxylation sites is 1. The van der Waals surface area contributed by atoms with Crippen molar-refractivity contribution in [1.29, 1.82) is 0 Å². The largest absolute Gasteiger partial charge is 0.359 e. The Hall–Kier alpha value is -2.53. The fraction of sp³-hybridized carbons (Fsp3) is 0.167. The molecule has 2 heteroatoms. The standard InChI is InChI=1S/C18H15NO/c20-18-12-14-19(17-11-5-4-10-16(17)18)13-6-9-15-7-2-1-3-8-15/h1-5,7-8,10-11H,12-14H2. The van der Waals surface area contributed by atoms with Gasteiger partial charge < -0.3 is 4.90 Å².